The molecule has 1 heterocycles. The van der Waals surface area contributed by atoms with Gasteiger partial charge in [0.2, 0.25) is 21.8 Å². The number of likely N-dealkylation sites (tertiary alicyclic amines) is 1. The van der Waals surface area contributed by atoms with Crippen LogP contribution in [0.5, 0.6) is 0 Å². The molecule has 2 amide bonds. The Morgan fingerprint density at radius 1 is 0.955 bits per heavy atom. The Morgan fingerprint density at radius 3 is 2.27 bits per heavy atom. The van der Waals surface area contributed by atoms with Gasteiger partial charge in [0.25, 0.3) is 0 Å². The number of carbonyl (C=O) groups is 2. The molecule has 238 valence electrons. The Hall–Kier alpha value is -4.70. The maximum absolute atomic E-state index is 13.8. The summed E-state index contributed by atoms with van der Waals surface area (Å²) in [6.07, 6.45) is 2.28. The summed E-state index contributed by atoms with van der Waals surface area (Å²) in [4.78, 5) is 35.4. The average molecular weight is 628 g/mol. The van der Waals surface area contributed by atoms with Crippen LogP contribution in [0.3, 0.4) is 0 Å². The van der Waals surface area contributed by atoms with Gasteiger partial charge in [-0.15, -0.1) is 0 Å². The second-order valence-electron chi connectivity index (χ2n) is 10.5. The Morgan fingerprint density at radius 2 is 1.61 bits per heavy atom. The van der Waals surface area contributed by atoms with Gasteiger partial charge in [-0.2, -0.15) is 4.72 Å². The number of carbonyl (C=O) groups excluding carboxylic acids is 2. The molecule has 0 saturated carbocycles. The van der Waals surface area contributed by atoms with Gasteiger partial charge < -0.3 is 38.9 Å². The number of hydrogen-bond donors (Lipinski definition) is 8. The van der Waals surface area contributed by atoms with E-state index in [1.54, 1.807) is 35.2 Å². The second-order valence-corrected chi connectivity index (χ2v) is 12.2. The Kier molecular flexibility index (Phi) is 12.0. The summed E-state index contributed by atoms with van der Waals surface area (Å²) in [6.45, 7) is 1.50. The number of amidine groups is 1. The van der Waals surface area contributed by atoms with Crippen LogP contribution in [0.2, 0.25) is 0 Å². The van der Waals surface area contributed by atoms with Gasteiger partial charge in [-0.25, -0.2) is 8.42 Å². The summed E-state index contributed by atoms with van der Waals surface area (Å²) in [6, 6.07) is 11.3. The number of nitrogens with zero attached hydrogens (tertiary/aromatic N) is 3. The van der Waals surface area contributed by atoms with Gasteiger partial charge in [0.15, 0.2) is 11.9 Å². The number of sulfonamides is 1. The third-order valence-corrected chi connectivity index (χ3v) is 8.56. The molecule has 0 unspecified atom stereocenters. The fourth-order valence-corrected chi connectivity index (χ4v) is 6.06. The minimum Gasteiger partial charge on any atom is -0.384 e. The van der Waals surface area contributed by atoms with Gasteiger partial charge >= 0.3 is 0 Å². The van der Waals surface area contributed by atoms with Crippen LogP contribution in [-0.4, -0.2) is 75.1 Å². The smallest absolute Gasteiger partial charge is 0.241 e. The number of nitrogens with two attached hydrogens (primary N) is 5. The van der Waals surface area contributed by atoms with Crippen molar-refractivity contribution in [1.82, 2.24) is 9.62 Å². The number of amides is 2. The molecule has 3 rings (SSSR count). The molecule has 0 aliphatic carbocycles. The van der Waals surface area contributed by atoms with E-state index in [0.717, 1.165) is 19.3 Å². The molecule has 2 aromatic carbocycles. The van der Waals surface area contributed by atoms with Crippen LogP contribution in [-0.2, 0) is 26.0 Å². The molecule has 0 spiro atoms. The number of guanidine groups is 2. The first-order valence-electron chi connectivity index (χ1n) is 14.1. The van der Waals surface area contributed by atoms with Crippen molar-refractivity contribution in [2.75, 3.05) is 31.5 Å². The summed E-state index contributed by atoms with van der Waals surface area (Å²) in [7, 11) is -4.22. The largest absolute Gasteiger partial charge is 0.384 e. The zero-order valence-electron chi connectivity index (χ0n) is 24.4. The molecule has 1 aliphatic rings. The predicted molar refractivity (Wildman–Crippen MR) is 170 cm³/mol. The molecule has 13 N–H and O–H groups in total. The monoisotopic (exact) mass is 627 g/mol. The number of aliphatic imine (C=N–C) groups is 2. The summed E-state index contributed by atoms with van der Waals surface area (Å²) in [5, 5.41) is 10.4. The zero-order chi connectivity index (χ0) is 32.3. The highest BCUT2D eigenvalue weighted by Gasteiger charge is 2.32. The van der Waals surface area contributed by atoms with Gasteiger partial charge in [0, 0.05) is 37.3 Å². The summed E-state index contributed by atoms with van der Waals surface area (Å²) < 4.78 is 29.7. The fraction of sp³-hybridized carbons (Fsp3) is 0.393. The first-order valence-corrected chi connectivity index (χ1v) is 15.6. The van der Waals surface area contributed by atoms with E-state index in [1.807, 2.05) is 0 Å². The van der Waals surface area contributed by atoms with Crippen molar-refractivity contribution in [2.24, 2.45) is 44.6 Å². The summed E-state index contributed by atoms with van der Waals surface area (Å²) in [5.41, 5.74) is 28.4. The van der Waals surface area contributed by atoms with Crippen molar-refractivity contribution in [3.63, 3.8) is 0 Å². The van der Waals surface area contributed by atoms with Crippen molar-refractivity contribution in [3.05, 3.63) is 59.7 Å². The zero-order valence-corrected chi connectivity index (χ0v) is 25.2. The second kappa shape index (κ2) is 15.7. The van der Waals surface area contributed by atoms with Crippen molar-refractivity contribution in [2.45, 2.75) is 43.0 Å². The van der Waals surface area contributed by atoms with E-state index in [4.69, 9.17) is 34.1 Å². The molecule has 2 aromatic rings. The van der Waals surface area contributed by atoms with Gasteiger partial charge in [0.1, 0.15) is 11.9 Å². The molecule has 1 aliphatic heterocycles. The highest BCUT2D eigenvalue weighted by molar-refractivity contribution is 7.89. The van der Waals surface area contributed by atoms with E-state index < -0.39 is 22.0 Å². The van der Waals surface area contributed by atoms with E-state index in [2.05, 4.69) is 20.0 Å². The standard InChI is InChI=1S/C28H41N11O4S/c29-25(30)20-4-1-3-19(15-20)16-23(26(41)39-13-9-18(10-14-39)7-11-35-27(31)32)38-44(42,43)22-6-2-5-21(17-22)37-24(40)8-12-36-28(33)34/h1-6,15,17-18,23,38H,7-14,16H2,(H3,29,30)(H,37,40)(H4,31,32,35)(H4,33,34,36)/t23-/m0/s1. The molecule has 0 radical (unpaired) electrons. The SMILES string of the molecule is N=C(N)c1cccc(C[C@H](NS(=O)(=O)c2cccc(NC(=O)CCN=C(N)N)c2)C(=O)N2CCC(CCN=C(N)N)CC2)c1. The molecule has 1 fully saturated rings. The summed E-state index contributed by atoms with van der Waals surface area (Å²) >= 11 is 0. The first-order chi connectivity index (χ1) is 20.8. The Labute approximate surface area is 256 Å². The number of piperidine rings is 1. The van der Waals surface area contributed by atoms with E-state index >= 15 is 0 Å². The van der Waals surface area contributed by atoms with Gasteiger partial charge in [-0.05, 0) is 61.4 Å². The lowest BCUT2D eigenvalue weighted by Gasteiger charge is -2.34. The highest BCUT2D eigenvalue weighted by Crippen LogP contribution is 2.23. The van der Waals surface area contributed by atoms with E-state index in [1.165, 1.54) is 18.2 Å². The maximum Gasteiger partial charge on any atom is 0.241 e. The number of nitrogens with one attached hydrogen (secondary N) is 3. The van der Waals surface area contributed by atoms with E-state index in [9.17, 15) is 18.0 Å². The quantitative estimate of drug-likeness (QED) is 0.0976. The molecule has 44 heavy (non-hydrogen) atoms. The third-order valence-electron chi connectivity index (χ3n) is 7.09. The normalized spacial score (nSPS) is 14.3. The molecule has 0 bridgehead atoms. The van der Waals surface area contributed by atoms with Gasteiger partial charge in [0.05, 0.1) is 11.4 Å². The van der Waals surface area contributed by atoms with Crippen molar-refractivity contribution >= 4 is 45.3 Å². The average Bonchev–Trinajstić information content (AvgIpc) is 2.96. The minimum absolute atomic E-state index is 0.00594. The lowest BCUT2D eigenvalue weighted by atomic mass is 9.93. The summed E-state index contributed by atoms with van der Waals surface area (Å²) in [5.74, 6) is -0.679. The van der Waals surface area contributed by atoms with Crippen molar-refractivity contribution < 1.29 is 18.0 Å². The lowest BCUT2D eigenvalue weighted by molar-refractivity contribution is -0.134. The van der Waals surface area contributed by atoms with Crippen LogP contribution in [0.25, 0.3) is 0 Å². The van der Waals surface area contributed by atoms with Gasteiger partial charge in [-0.1, -0.05) is 24.3 Å². The van der Waals surface area contributed by atoms with Crippen LogP contribution in [0.1, 0.15) is 36.8 Å². The molecule has 1 atom stereocenters. The van der Waals surface area contributed by atoms with Crippen molar-refractivity contribution in [3.8, 4) is 0 Å². The van der Waals surface area contributed by atoms with E-state index in [0.29, 0.717) is 36.7 Å². The first kappa shape index (κ1) is 33.8. The Bertz CT molecular complexity index is 1490. The van der Waals surface area contributed by atoms with Crippen LogP contribution in [0.4, 0.5) is 5.69 Å². The fourth-order valence-electron chi connectivity index (χ4n) is 4.83. The number of hydrogen-bond acceptors (Lipinski definition) is 7. The molecule has 15 nitrogen and oxygen atoms in total. The van der Waals surface area contributed by atoms with Crippen molar-refractivity contribution in [1.29, 1.82) is 5.41 Å². The molecular weight excluding hydrogens is 586 g/mol. The molecular formula is C28H41N11O4S. The van der Waals surface area contributed by atoms with Crippen LogP contribution >= 0.6 is 0 Å². The molecule has 16 heteroatoms. The third kappa shape index (κ3) is 10.5. The van der Waals surface area contributed by atoms with Crippen LogP contribution in [0, 0.1) is 11.3 Å². The van der Waals surface area contributed by atoms with Gasteiger partial charge in [-0.3, -0.25) is 25.0 Å². The predicted octanol–water partition coefficient (Wildman–Crippen LogP) is -0.636. The van der Waals surface area contributed by atoms with Crippen LogP contribution < -0.4 is 38.7 Å². The van der Waals surface area contributed by atoms with E-state index in [-0.39, 0.29) is 53.6 Å². The lowest BCUT2D eigenvalue weighted by Crippen LogP contribution is -2.51. The molecule has 1 saturated heterocycles. The van der Waals surface area contributed by atoms with Crippen LogP contribution in [0.15, 0.2) is 63.4 Å². The molecule has 0 aromatic heterocycles. The number of rotatable bonds is 14. The minimum atomic E-state index is -4.22. The highest BCUT2D eigenvalue weighted by atomic mass is 32.2. The topological polar surface area (TPSA) is 274 Å². The number of anilines is 1. The Balaban J connectivity index is 1.78. The maximum atomic E-state index is 13.8. The number of benzene rings is 2. The number of nitrogen functional groups attached to an aromatic ring is 1.